The van der Waals surface area contributed by atoms with Crippen molar-refractivity contribution in [1.82, 2.24) is 57.2 Å². The summed E-state index contributed by atoms with van der Waals surface area (Å²) in [6.07, 6.45) is 2.95. The lowest BCUT2D eigenvalue weighted by atomic mass is 9.85. The van der Waals surface area contributed by atoms with Crippen LogP contribution in [0.5, 0.6) is 5.75 Å². The first-order valence-corrected chi connectivity index (χ1v) is 35.3. The van der Waals surface area contributed by atoms with Crippen LogP contribution < -0.4 is 47.3 Å². The van der Waals surface area contributed by atoms with E-state index in [1.807, 2.05) is 106 Å². The number of likely N-dealkylation sites (tertiary alicyclic amines) is 2. The number of amides is 9. The van der Waals surface area contributed by atoms with Gasteiger partial charge in [0.2, 0.25) is 47.3 Å². The lowest BCUT2D eigenvalue weighted by Crippen LogP contribution is -2.61. The summed E-state index contributed by atoms with van der Waals surface area (Å²) in [5.41, 5.74) is 1.28. The summed E-state index contributed by atoms with van der Waals surface area (Å²) in [5, 5.41) is 37.7. The van der Waals surface area contributed by atoms with Gasteiger partial charge in [-0.1, -0.05) is 157 Å². The first kappa shape index (κ1) is 77.1. The smallest absolute Gasteiger partial charge is 0.326 e. The molecule has 0 saturated carbocycles. The second-order valence-corrected chi connectivity index (χ2v) is 29.3. The van der Waals surface area contributed by atoms with E-state index in [1.165, 1.54) is 14.7 Å². The van der Waals surface area contributed by atoms with Gasteiger partial charge in [0.25, 0.3) is 5.91 Å². The number of carbonyl (C=O) groups excluding carboxylic acids is 9. The Kier molecular flexibility index (Phi) is 25.7. The number of rotatable bonds is 13. The van der Waals surface area contributed by atoms with Crippen LogP contribution in [-0.4, -0.2) is 199 Å². The first-order valence-electron chi connectivity index (χ1n) is 35.3. The van der Waals surface area contributed by atoms with Crippen molar-refractivity contribution in [3.8, 4) is 5.75 Å². The van der Waals surface area contributed by atoms with Crippen molar-refractivity contribution in [3.05, 3.63) is 173 Å². The molecule has 6 aliphatic rings. The molecule has 0 aromatic heterocycles. The van der Waals surface area contributed by atoms with Crippen molar-refractivity contribution in [2.45, 2.75) is 160 Å². The van der Waals surface area contributed by atoms with E-state index < -0.39 is 136 Å². The molecule has 2 saturated heterocycles. The maximum Gasteiger partial charge on any atom is 0.326 e. The third-order valence-electron chi connectivity index (χ3n) is 19.6. The van der Waals surface area contributed by atoms with Crippen molar-refractivity contribution >= 4 is 80.7 Å². The molecule has 0 aliphatic carbocycles. The van der Waals surface area contributed by atoms with Crippen LogP contribution in [0, 0.1) is 10.8 Å². The van der Waals surface area contributed by atoms with Crippen molar-refractivity contribution in [1.29, 1.82) is 0 Å². The van der Waals surface area contributed by atoms with Gasteiger partial charge in [-0.2, -0.15) is 0 Å². The van der Waals surface area contributed by atoms with Crippen LogP contribution >= 0.6 is 0 Å². The van der Waals surface area contributed by atoms with E-state index in [0.29, 0.717) is 23.3 Å². The fourth-order valence-electron chi connectivity index (χ4n) is 13.1. The zero-order valence-corrected chi connectivity index (χ0v) is 60.7. The summed E-state index contributed by atoms with van der Waals surface area (Å²) in [5.74, 6) is -5.93. The minimum atomic E-state index is -1.48. The third-order valence-corrected chi connectivity index (χ3v) is 19.6. The zero-order valence-electron chi connectivity index (χ0n) is 60.7. The summed E-state index contributed by atoms with van der Waals surface area (Å²) >= 11 is 0. The summed E-state index contributed by atoms with van der Waals surface area (Å²) in [7, 11) is 4.82. The van der Waals surface area contributed by atoms with E-state index in [4.69, 9.17) is 9.47 Å². The Balaban J connectivity index is 1.03. The SMILES string of the molecule is CN[C@@H](C)C(=O)N[C@H](C(=O)N1CC2C[C@H]1C(=O)N[C@@H](Cc1ccc3ccccc3c1)C(=O)NCCc1ccc(cc1)C(=O)N(C)[C@H]1C[C@@H](C(=O)N[C@@H](Cc3ccc4ccccc4c3)C(=O)N[C@H](C(=O)O)Cc3ccc(cc3)OC/C=C/CO2)N(C(=O)[C@@H](NC(=O)[C@H](C)NC)C(C)(C)C)C1)C(C)(C)C. The zero-order chi connectivity index (χ0) is 74.4. The maximum absolute atomic E-state index is 15.3. The Morgan fingerprint density at radius 1 is 0.573 bits per heavy atom. The van der Waals surface area contributed by atoms with Gasteiger partial charge in [0.05, 0.1) is 30.8 Å². The number of carboxylic acid groups (broad SMARTS) is 1. The molecule has 24 heteroatoms. The quantitative estimate of drug-likeness (QED) is 0.0674. The summed E-state index contributed by atoms with van der Waals surface area (Å²) in [6.45, 7) is 14.3. The molecular formula is C79H99N11O13. The molecule has 2 fully saturated rings. The molecule has 6 aliphatic heterocycles. The Morgan fingerprint density at radius 3 is 1.57 bits per heavy atom. The monoisotopic (exact) mass is 1410 g/mol. The van der Waals surface area contributed by atoms with E-state index in [1.54, 1.807) is 116 Å². The van der Waals surface area contributed by atoms with Crippen LogP contribution in [0.15, 0.2) is 146 Å². The molecule has 103 heavy (non-hydrogen) atoms. The summed E-state index contributed by atoms with van der Waals surface area (Å²) < 4.78 is 12.4. The van der Waals surface area contributed by atoms with E-state index >= 15 is 14.4 Å². The van der Waals surface area contributed by atoms with Gasteiger partial charge < -0.3 is 71.8 Å². The number of ether oxygens (including phenoxy) is 2. The molecule has 12 rings (SSSR count). The van der Waals surface area contributed by atoms with Crippen molar-refractivity contribution < 1.29 is 62.5 Å². The van der Waals surface area contributed by atoms with Crippen LogP contribution in [-0.2, 0) is 73.6 Å². The Hall–Kier alpha value is -10.0. The number of carboxylic acids is 1. The number of nitrogens with zero attached hydrogens (tertiary/aromatic N) is 3. The predicted octanol–water partition coefficient (Wildman–Crippen LogP) is 5.17. The van der Waals surface area contributed by atoms with Gasteiger partial charge in [-0.3, -0.25) is 43.2 Å². The molecule has 9 N–H and O–H groups in total. The van der Waals surface area contributed by atoms with Crippen LogP contribution in [0.25, 0.3) is 21.5 Å². The Labute approximate surface area is 602 Å². The number of carbonyl (C=O) groups is 10. The van der Waals surface area contributed by atoms with Crippen LogP contribution in [0.1, 0.15) is 101 Å². The molecule has 9 amide bonds. The maximum atomic E-state index is 15.3. The van der Waals surface area contributed by atoms with Crippen LogP contribution in [0.4, 0.5) is 0 Å². The lowest BCUT2D eigenvalue weighted by molar-refractivity contribution is -0.145. The molecule has 8 bridgehead atoms. The second kappa shape index (κ2) is 34.3. The highest BCUT2D eigenvalue weighted by atomic mass is 16.5. The van der Waals surface area contributed by atoms with Crippen molar-refractivity contribution in [3.63, 3.8) is 0 Å². The van der Waals surface area contributed by atoms with E-state index in [0.717, 1.165) is 32.7 Å². The summed E-state index contributed by atoms with van der Waals surface area (Å²) in [6, 6.07) is 29.6. The molecule has 6 heterocycles. The standard InChI is InChI=1S/C79H99N11O13/c1-47(80-9)68(91)86-66(78(3,4)5)75(98)89-45-58-43-64(89)72(95)84-62(42-52-25-29-54-19-13-15-21-57(54)39-52)71(94)85-63(77(100)101)40-50-26-32-59(33-27-50)102-36-16-17-37-103-60-44-65(90(46-60)76(99)67(79(6,7)8)87-69(92)48(2)81-10)73(96)83-61(41-51-24-28-53-18-12-14-20-56(53)38-51)70(93)82-35-34-49-22-30-55(31-23-49)74(97)88(58)11/h12-33,38-39,47-48,58,60-67,80-81H,34-37,40-46H2,1-11H3,(H,82,93)(H,83,96)(H,84,95)(H,85,94)(H,86,91)(H,87,92)(H,100,101)/b17-16+/t47-,48-,58-,60?,61-,62-,63-,64-,65-,66+,67+/m0/s1. The molecule has 6 aromatic rings. The summed E-state index contributed by atoms with van der Waals surface area (Å²) in [4.78, 5) is 149. The minimum absolute atomic E-state index is 0.00740. The highest BCUT2D eigenvalue weighted by Crippen LogP contribution is 2.32. The second-order valence-electron chi connectivity index (χ2n) is 29.3. The largest absolute Gasteiger partial charge is 0.490 e. The van der Waals surface area contributed by atoms with Crippen molar-refractivity contribution in [2.24, 2.45) is 10.8 Å². The third kappa shape index (κ3) is 20.0. The van der Waals surface area contributed by atoms with Crippen LogP contribution in [0.3, 0.4) is 0 Å². The molecule has 0 spiro atoms. The van der Waals surface area contributed by atoms with Crippen molar-refractivity contribution in [2.75, 3.05) is 54.0 Å². The number of hydrogen-bond acceptors (Lipinski definition) is 14. The molecule has 1 unspecified atom stereocenters. The van der Waals surface area contributed by atoms with E-state index in [9.17, 15) is 38.7 Å². The fraction of sp³-hybridized carbons (Fsp3) is 0.443. The number of nitrogens with one attached hydrogen (secondary N) is 8. The van der Waals surface area contributed by atoms with Gasteiger partial charge in [0.15, 0.2) is 0 Å². The number of hydrogen-bond donors (Lipinski definition) is 9. The predicted molar refractivity (Wildman–Crippen MR) is 392 cm³/mol. The molecule has 6 aromatic carbocycles. The van der Waals surface area contributed by atoms with Gasteiger partial charge in [-0.05, 0) is 126 Å². The van der Waals surface area contributed by atoms with Gasteiger partial charge in [-0.25, -0.2) is 4.79 Å². The van der Waals surface area contributed by atoms with E-state index in [-0.39, 0.29) is 70.5 Å². The number of likely N-dealkylation sites (N-methyl/N-ethyl adjacent to an activating group) is 3. The molecular weight excluding hydrogens is 1310 g/mol. The average Bonchev–Trinajstić information content (AvgIpc) is 1.67. The van der Waals surface area contributed by atoms with Gasteiger partial charge in [0.1, 0.15) is 54.6 Å². The minimum Gasteiger partial charge on any atom is -0.490 e. The highest BCUT2D eigenvalue weighted by molar-refractivity contribution is 5.99. The number of benzene rings is 6. The van der Waals surface area contributed by atoms with Crippen LogP contribution in [0.2, 0.25) is 0 Å². The molecule has 548 valence electrons. The molecule has 24 nitrogen and oxygen atoms in total. The van der Waals surface area contributed by atoms with E-state index in [2.05, 4.69) is 42.5 Å². The Morgan fingerprint density at radius 2 is 1.06 bits per heavy atom. The average molecular weight is 1410 g/mol. The normalized spacial score (nSPS) is 22.4. The number of aliphatic carboxylic acids is 1. The highest BCUT2D eigenvalue weighted by Gasteiger charge is 2.49. The topological polar surface area (TPSA) is 315 Å². The first-order chi connectivity index (χ1) is 49.0. The van der Waals surface area contributed by atoms with Gasteiger partial charge in [0, 0.05) is 57.9 Å². The lowest BCUT2D eigenvalue weighted by Gasteiger charge is -2.36. The van der Waals surface area contributed by atoms with Gasteiger partial charge in [-0.15, -0.1) is 0 Å². The molecule has 0 radical (unpaired) electrons. The number of fused-ring (bicyclic) bond motifs is 2. The molecule has 11 atom stereocenters. The fourth-order valence-corrected chi connectivity index (χ4v) is 13.1. The Bertz CT molecular complexity index is 4100. The van der Waals surface area contributed by atoms with Gasteiger partial charge >= 0.3 is 5.97 Å².